The number of amides is 2. The van der Waals surface area contributed by atoms with Crippen LogP contribution in [0.3, 0.4) is 0 Å². The number of hydrogen-bond acceptors (Lipinski definition) is 3. The zero-order valence-corrected chi connectivity index (χ0v) is 12.7. The van der Waals surface area contributed by atoms with Crippen molar-refractivity contribution < 1.29 is 18.7 Å². The molecule has 2 aromatic rings. The van der Waals surface area contributed by atoms with Crippen molar-refractivity contribution in [3.63, 3.8) is 0 Å². The Labute approximate surface area is 132 Å². The van der Waals surface area contributed by atoms with Gasteiger partial charge in [0.25, 0.3) is 0 Å². The van der Waals surface area contributed by atoms with Crippen LogP contribution in [0.5, 0.6) is 0 Å². The molecule has 122 valence electrons. The summed E-state index contributed by atoms with van der Waals surface area (Å²) in [7, 11) is 0. The van der Waals surface area contributed by atoms with Crippen molar-refractivity contribution in [2.45, 2.75) is 26.0 Å². The number of aliphatic hydroxyl groups is 1. The Hall–Kier alpha value is -2.54. The van der Waals surface area contributed by atoms with Gasteiger partial charge in [0.2, 0.25) is 0 Å². The second-order valence-electron chi connectivity index (χ2n) is 5.20. The van der Waals surface area contributed by atoms with Gasteiger partial charge in [0.1, 0.15) is 0 Å². The molecule has 0 saturated carbocycles. The highest BCUT2D eigenvalue weighted by molar-refractivity contribution is 5.90. The molecule has 1 aromatic heterocycles. The lowest BCUT2D eigenvalue weighted by molar-refractivity contribution is 0.138. The molecule has 0 aliphatic heterocycles. The third kappa shape index (κ3) is 4.23. The lowest BCUT2D eigenvalue weighted by Gasteiger charge is -2.21. The van der Waals surface area contributed by atoms with E-state index in [2.05, 4.69) is 15.6 Å². The molecule has 5 nitrogen and oxygen atoms in total. The van der Waals surface area contributed by atoms with Crippen LogP contribution in [-0.2, 0) is 0 Å². The summed E-state index contributed by atoms with van der Waals surface area (Å²) in [6.07, 6.45) is 1.98. The number of aromatic nitrogens is 1. The van der Waals surface area contributed by atoms with E-state index in [1.807, 2.05) is 0 Å². The molecule has 0 saturated heterocycles. The van der Waals surface area contributed by atoms with Crippen molar-refractivity contribution in [3.8, 4) is 0 Å². The Morgan fingerprint density at radius 3 is 2.65 bits per heavy atom. The van der Waals surface area contributed by atoms with E-state index in [0.29, 0.717) is 5.69 Å². The van der Waals surface area contributed by atoms with E-state index in [1.54, 1.807) is 32.3 Å². The Bertz CT molecular complexity index is 709. The summed E-state index contributed by atoms with van der Waals surface area (Å²) in [6, 6.07) is 3.53. The summed E-state index contributed by atoms with van der Waals surface area (Å²) in [5, 5.41) is 15.3. The molecule has 23 heavy (non-hydrogen) atoms. The number of carbonyl (C=O) groups is 1. The van der Waals surface area contributed by atoms with Crippen molar-refractivity contribution in [2.24, 2.45) is 0 Å². The summed E-state index contributed by atoms with van der Waals surface area (Å²) in [5.74, 6) is -2.04. The largest absolute Gasteiger partial charge is 0.386 e. The van der Waals surface area contributed by atoms with E-state index in [0.717, 1.165) is 17.7 Å². The van der Waals surface area contributed by atoms with Gasteiger partial charge in [-0.3, -0.25) is 4.98 Å². The van der Waals surface area contributed by atoms with Gasteiger partial charge in [-0.2, -0.15) is 0 Å². The number of carbonyl (C=O) groups excluding carboxylic acids is 1. The van der Waals surface area contributed by atoms with E-state index in [9.17, 15) is 18.7 Å². The van der Waals surface area contributed by atoms with Gasteiger partial charge >= 0.3 is 6.03 Å². The van der Waals surface area contributed by atoms with Gasteiger partial charge in [0.15, 0.2) is 11.6 Å². The van der Waals surface area contributed by atoms with Gasteiger partial charge in [-0.15, -0.1) is 0 Å². The van der Waals surface area contributed by atoms with Gasteiger partial charge in [0, 0.05) is 18.1 Å². The summed E-state index contributed by atoms with van der Waals surface area (Å²) in [6.45, 7) is 3.35. The molecule has 0 aliphatic rings. The minimum atomic E-state index is -1.17. The van der Waals surface area contributed by atoms with Gasteiger partial charge in [0.05, 0.1) is 12.1 Å². The average molecular weight is 321 g/mol. The van der Waals surface area contributed by atoms with E-state index in [-0.39, 0.29) is 5.56 Å². The van der Waals surface area contributed by atoms with Crippen molar-refractivity contribution in [3.05, 3.63) is 59.4 Å². The normalized spacial score (nSPS) is 13.3. The number of hydrogen-bond donors (Lipinski definition) is 3. The Balaban J connectivity index is 2.00. The fraction of sp³-hybridized carbons (Fsp3) is 0.250. The van der Waals surface area contributed by atoms with Crippen LogP contribution < -0.4 is 10.6 Å². The summed E-state index contributed by atoms with van der Waals surface area (Å²) >= 11 is 0. The molecule has 1 heterocycles. The second kappa shape index (κ2) is 7.15. The highest BCUT2D eigenvalue weighted by atomic mass is 19.2. The first-order valence-corrected chi connectivity index (χ1v) is 6.99. The smallest absolute Gasteiger partial charge is 0.319 e. The van der Waals surface area contributed by atoms with Crippen LogP contribution >= 0.6 is 0 Å². The number of urea groups is 1. The van der Waals surface area contributed by atoms with Crippen LogP contribution in [0.15, 0.2) is 36.7 Å². The number of halogens is 2. The Morgan fingerprint density at radius 2 is 2.00 bits per heavy atom. The number of pyridine rings is 1. The van der Waals surface area contributed by atoms with E-state index in [1.165, 1.54) is 6.07 Å². The molecular weight excluding hydrogens is 304 g/mol. The molecule has 1 aromatic carbocycles. The highest BCUT2D eigenvalue weighted by Gasteiger charge is 2.20. The van der Waals surface area contributed by atoms with E-state index in [4.69, 9.17) is 0 Å². The van der Waals surface area contributed by atoms with Crippen LogP contribution in [0.1, 0.15) is 24.2 Å². The number of aryl methyl sites for hydroxylation is 1. The maximum atomic E-state index is 13.2. The maximum absolute atomic E-state index is 13.2. The molecule has 7 heteroatoms. The SMILES string of the molecule is Cc1cnccc1NC(=O)NC(C)C(O)c1ccc(F)c(F)c1. The number of nitrogens with one attached hydrogen (secondary N) is 2. The minimum absolute atomic E-state index is 0.178. The molecule has 2 unspecified atom stereocenters. The third-order valence-corrected chi connectivity index (χ3v) is 3.39. The lowest BCUT2D eigenvalue weighted by atomic mass is 10.0. The fourth-order valence-electron chi connectivity index (χ4n) is 2.04. The first kappa shape index (κ1) is 16.8. The standard InChI is InChI=1S/C16H17F2N3O2/c1-9-8-19-6-5-14(9)21-16(23)20-10(2)15(22)11-3-4-12(17)13(18)7-11/h3-8,10,15,22H,1-2H3,(H2,19,20,21,23). The number of rotatable bonds is 4. The topological polar surface area (TPSA) is 74.2 Å². The number of benzene rings is 1. The molecule has 3 N–H and O–H groups in total. The third-order valence-electron chi connectivity index (χ3n) is 3.39. The van der Waals surface area contributed by atoms with Crippen LogP contribution in [0.4, 0.5) is 19.3 Å². The number of aliphatic hydroxyl groups excluding tert-OH is 1. The molecule has 0 aliphatic carbocycles. The Kier molecular flexibility index (Phi) is 5.23. The predicted molar refractivity (Wildman–Crippen MR) is 81.9 cm³/mol. The monoisotopic (exact) mass is 321 g/mol. The maximum Gasteiger partial charge on any atom is 0.319 e. The zero-order chi connectivity index (χ0) is 17.0. The Morgan fingerprint density at radius 1 is 1.26 bits per heavy atom. The van der Waals surface area contributed by atoms with Crippen molar-refractivity contribution >= 4 is 11.7 Å². The number of nitrogens with zero attached hydrogens (tertiary/aromatic N) is 1. The van der Waals surface area contributed by atoms with Crippen molar-refractivity contribution in [1.29, 1.82) is 0 Å². The predicted octanol–water partition coefficient (Wildman–Crippen LogP) is 2.91. The van der Waals surface area contributed by atoms with E-state index < -0.39 is 29.8 Å². The fourth-order valence-corrected chi connectivity index (χ4v) is 2.04. The van der Waals surface area contributed by atoms with Crippen LogP contribution in [0.25, 0.3) is 0 Å². The van der Waals surface area contributed by atoms with Crippen molar-refractivity contribution in [2.75, 3.05) is 5.32 Å². The van der Waals surface area contributed by atoms with Crippen LogP contribution in [0, 0.1) is 18.6 Å². The summed E-state index contributed by atoms with van der Waals surface area (Å²) < 4.78 is 26.1. The van der Waals surface area contributed by atoms with Gasteiger partial charge in [-0.05, 0) is 43.2 Å². The van der Waals surface area contributed by atoms with Gasteiger partial charge < -0.3 is 15.7 Å². The highest BCUT2D eigenvalue weighted by Crippen LogP contribution is 2.19. The average Bonchev–Trinajstić information content (AvgIpc) is 2.51. The lowest BCUT2D eigenvalue weighted by Crippen LogP contribution is -2.39. The van der Waals surface area contributed by atoms with Crippen molar-refractivity contribution in [1.82, 2.24) is 10.3 Å². The molecule has 0 fully saturated rings. The van der Waals surface area contributed by atoms with Gasteiger partial charge in [-0.25, -0.2) is 13.6 Å². The number of anilines is 1. The van der Waals surface area contributed by atoms with E-state index >= 15 is 0 Å². The van der Waals surface area contributed by atoms with Crippen LogP contribution in [-0.4, -0.2) is 22.2 Å². The molecule has 2 rings (SSSR count). The van der Waals surface area contributed by atoms with Gasteiger partial charge in [-0.1, -0.05) is 6.07 Å². The molecule has 2 atom stereocenters. The first-order chi connectivity index (χ1) is 10.9. The minimum Gasteiger partial charge on any atom is -0.386 e. The zero-order valence-electron chi connectivity index (χ0n) is 12.7. The molecule has 0 spiro atoms. The molecule has 0 bridgehead atoms. The quantitative estimate of drug-likeness (QED) is 0.810. The molecular formula is C16H17F2N3O2. The molecule has 2 amide bonds. The first-order valence-electron chi connectivity index (χ1n) is 6.99. The van der Waals surface area contributed by atoms with Crippen LogP contribution in [0.2, 0.25) is 0 Å². The second-order valence-corrected chi connectivity index (χ2v) is 5.20. The summed E-state index contributed by atoms with van der Waals surface area (Å²) in [5.41, 5.74) is 1.56. The molecule has 0 radical (unpaired) electrons. The summed E-state index contributed by atoms with van der Waals surface area (Å²) in [4.78, 5) is 15.9.